The van der Waals surface area contributed by atoms with Crippen LogP contribution in [-0.4, -0.2) is 31.1 Å². The maximum Gasteiger partial charge on any atom is 0.277 e. The van der Waals surface area contributed by atoms with Crippen molar-refractivity contribution < 1.29 is 9.18 Å². The second-order valence-electron chi connectivity index (χ2n) is 5.33. The number of carbonyl (C=O) groups excluding carboxylic acids is 1. The van der Waals surface area contributed by atoms with Crippen molar-refractivity contribution in [3.05, 3.63) is 52.3 Å². The number of thioether (sulfide) groups is 1. The summed E-state index contributed by atoms with van der Waals surface area (Å²) in [6.07, 6.45) is 1.95. The molecule has 0 spiro atoms. The Labute approximate surface area is 146 Å². The topological polar surface area (TPSA) is 104 Å². The van der Waals surface area contributed by atoms with E-state index in [9.17, 15) is 14.0 Å². The van der Waals surface area contributed by atoms with Crippen LogP contribution in [0.15, 0.2) is 40.5 Å². The summed E-state index contributed by atoms with van der Waals surface area (Å²) in [7, 11) is 0. The molecule has 3 N–H and O–H groups in total. The number of imidazole rings is 1. The molecule has 2 heterocycles. The Morgan fingerprint density at radius 1 is 1.36 bits per heavy atom. The predicted octanol–water partition coefficient (Wildman–Crippen LogP) is 1.97. The fourth-order valence-corrected chi connectivity index (χ4v) is 3.16. The van der Waals surface area contributed by atoms with Crippen LogP contribution in [0.25, 0.3) is 11.2 Å². The monoisotopic (exact) mass is 361 g/mol. The first-order valence-corrected chi connectivity index (χ1v) is 8.57. The largest absolute Gasteiger partial charge is 0.351 e. The van der Waals surface area contributed by atoms with Crippen LogP contribution in [0.5, 0.6) is 0 Å². The van der Waals surface area contributed by atoms with Gasteiger partial charge in [0.1, 0.15) is 5.82 Å². The Morgan fingerprint density at radius 2 is 2.12 bits per heavy atom. The summed E-state index contributed by atoms with van der Waals surface area (Å²) in [5.41, 5.74) is 1.09. The Kier molecular flexibility index (Phi) is 5.13. The number of amides is 1. The lowest BCUT2D eigenvalue weighted by Crippen LogP contribution is -2.32. The summed E-state index contributed by atoms with van der Waals surface area (Å²) < 4.78 is 12.9. The van der Waals surface area contributed by atoms with E-state index < -0.39 is 5.25 Å². The number of nitrogens with one attached hydrogen (secondary N) is 3. The Morgan fingerprint density at radius 3 is 2.84 bits per heavy atom. The van der Waals surface area contributed by atoms with Gasteiger partial charge in [-0.2, -0.15) is 0 Å². The van der Waals surface area contributed by atoms with Gasteiger partial charge >= 0.3 is 0 Å². The molecule has 1 amide bonds. The Hall–Kier alpha value is -2.68. The molecule has 1 atom stereocenters. The Balaban J connectivity index is 1.67. The van der Waals surface area contributed by atoms with E-state index in [1.54, 1.807) is 12.1 Å². The van der Waals surface area contributed by atoms with Gasteiger partial charge in [0.25, 0.3) is 5.56 Å². The molecule has 9 heteroatoms. The zero-order chi connectivity index (χ0) is 17.8. The molecule has 0 aliphatic heterocycles. The average molecular weight is 361 g/mol. The first-order chi connectivity index (χ1) is 12.1. The molecule has 130 valence electrons. The second kappa shape index (κ2) is 7.47. The highest BCUT2D eigenvalue weighted by molar-refractivity contribution is 8.00. The zero-order valence-corrected chi connectivity index (χ0v) is 14.2. The van der Waals surface area contributed by atoms with Gasteiger partial charge < -0.3 is 10.3 Å². The van der Waals surface area contributed by atoms with Gasteiger partial charge in [-0.3, -0.25) is 14.6 Å². The van der Waals surface area contributed by atoms with Crippen molar-refractivity contribution in [1.29, 1.82) is 0 Å². The number of fused-ring (bicyclic) bond motifs is 1. The molecule has 0 saturated carbocycles. The first kappa shape index (κ1) is 17.2. The summed E-state index contributed by atoms with van der Waals surface area (Å²) in [6, 6.07) is 5.94. The van der Waals surface area contributed by atoms with Crippen LogP contribution in [0.4, 0.5) is 4.39 Å². The average Bonchev–Trinajstić information content (AvgIpc) is 3.08. The Bertz CT molecular complexity index is 938. The van der Waals surface area contributed by atoms with E-state index in [4.69, 9.17) is 0 Å². The number of benzene rings is 1. The number of aromatic nitrogens is 4. The molecule has 3 aromatic rings. The van der Waals surface area contributed by atoms with Crippen molar-refractivity contribution >= 4 is 28.8 Å². The molecule has 1 aromatic carbocycles. The van der Waals surface area contributed by atoms with E-state index in [1.807, 2.05) is 6.92 Å². The molecule has 0 aliphatic carbocycles. The minimum atomic E-state index is -0.417. The highest BCUT2D eigenvalue weighted by atomic mass is 32.2. The summed E-state index contributed by atoms with van der Waals surface area (Å²) in [5.74, 6) is -0.498. The van der Waals surface area contributed by atoms with Crippen LogP contribution in [-0.2, 0) is 11.3 Å². The first-order valence-electron chi connectivity index (χ1n) is 7.69. The van der Waals surface area contributed by atoms with Gasteiger partial charge in [-0.15, -0.1) is 0 Å². The second-order valence-corrected chi connectivity index (χ2v) is 6.52. The molecule has 0 saturated heterocycles. The molecular formula is C16H16FN5O2S. The van der Waals surface area contributed by atoms with E-state index in [-0.39, 0.29) is 17.3 Å². The van der Waals surface area contributed by atoms with E-state index in [2.05, 4.69) is 25.3 Å². The molecule has 0 unspecified atom stereocenters. The van der Waals surface area contributed by atoms with E-state index >= 15 is 0 Å². The third-order valence-electron chi connectivity index (χ3n) is 3.57. The summed E-state index contributed by atoms with van der Waals surface area (Å²) in [4.78, 5) is 37.9. The molecule has 2 aromatic heterocycles. The van der Waals surface area contributed by atoms with Gasteiger partial charge in [-0.05, 0) is 24.1 Å². The molecule has 0 aliphatic rings. The highest BCUT2D eigenvalue weighted by Gasteiger charge is 2.19. The van der Waals surface area contributed by atoms with E-state index in [0.29, 0.717) is 29.3 Å². The molecular weight excluding hydrogens is 345 g/mol. The van der Waals surface area contributed by atoms with Crippen molar-refractivity contribution in [2.45, 2.75) is 30.3 Å². The normalized spacial score (nSPS) is 12.2. The zero-order valence-electron chi connectivity index (χ0n) is 13.4. The van der Waals surface area contributed by atoms with Crippen molar-refractivity contribution in [1.82, 2.24) is 25.3 Å². The molecule has 25 heavy (non-hydrogen) atoms. The summed E-state index contributed by atoms with van der Waals surface area (Å²) in [6.45, 7) is 2.18. The molecule has 0 radical (unpaired) electrons. The van der Waals surface area contributed by atoms with Crippen LogP contribution in [0.3, 0.4) is 0 Å². The molecule has 0 fully saturated rings. The van der Waals surface area contributed by atoms with Gasteiger partial charge in [-0.25, -0.2) is 14.4 Å². The number of carbonyl (C=O) groups is 1. The van der Waals surface area contributed by atoms with Crippen LogP contribution >= 0.6 is 11.8 Å². The predicted molar refractivity (Wildman–Crippen MR) is 92.7 cm³/mol. The quantitative estimate of drug-likeness (QED) is 0.460. The number of hydrogen-bond donors (Lipinski definition) is 3. The van der Waals surface area contributed by atoms with Crippen LogP contribution < -0.4 is 10.9 Å². The molecule has 7 nitrogen and oxygen atoms in total. The molecule has 0 bridgehead atoms. The minimum absolute atomic E-state index is 0.179. The maximum atomic E-state index is 12.9. The van der Waals surface area contributed by atoms with Gasteiger partial charge in [-0.1, -0.05) is 30.8 Å². The van der Waals surface area contributed by atoms with Crippen LogP contribution in [0.1, 0.15) is 18.9 Å². The SMILES string of the molecule is CC[C@@H](Sc1nc2nc[nH]c2c(=O)[nH]1)C(=O)NCc1ccc(F)cc1. The molecule has 3 rings (SSSR count). The number of rotatable bonds is 6. The van der Waals surface area contributed by atoms with Gasteiger partial charge in [0.2, 0.25) is 5.91 Å². The van der Waals surface area contributed by atoms with Crippen molar-refractivity contribution in [3.63, 3.8) is 0 Å². The van der Waals surface area contributed by atoms with Gasteiger partial charge in [0.15, 0.2) is 16.3 Å². The fraction of sp³-hybridized carbons (Fsp3) is 0.250. The van der Waals surface area contributed by atoms with Crippen LogP contribution in [0.2, 0.25) is 0 Å². The van der Waals surface area contributed by atoms with Gasteiger partial charge in [0.05, 0.1) is 11.6 Å². The number of halogens is 1. The lowest BCUT2D eigenvalue weighted by atomic mass is 10.2. The fourth-order valence-electron chi connectivity index (χ4n) is 2.24. The van der Waals surface area contributed by atoms with E-state index in [0.717, 1.165) is 5.56 Å². The number of nitrogens with zero attached hydrogens (tertiary/aromatic N) is 2. The lowest BCUT2D eigenvalue weighted by Gasteiger charge is -2.14. The maximum absolute atomic E-state index is 12.9. The van der Waals surface area contributed by atoms with Gasteiger partial charge in [0, 0.05) is 6.54 Å². The number of aromatic amines is 2. The third kappa shape index (κ3) is 4.05. The lowest BCUT2D eigenvalue weighted by molar-refractivity contribution is -0.120. The highest BCUT2D eigenvalue weighted by Crippen LogP contribution is 2.22. The van der Waals surface area contributed by atoms with Crippen molar-refractivity contribution in [3.8, 4) is 0 Å². The van der Waals surface area contributed by atoms with Crippen LogP contribution in [0, 0.1) is 5.82 Å². The third-order valence-corrected chi connectivity index (χ3v) is 4.82. The van der Waals surface area contributed by atoms with E-state index in [1.165, 1.54) is 30.2 Å². The smallest absolute Gasteiger partial charge is 0.277 e. The number of H-pyrrole nitrogens is 2. The number of hydrogen-bond acceptors (Lipinski definition) is 5. The minimum Gasteiger partial charge on any atom is -0.351 e. The van der Waals surface area contributed by atoms with Crippen molar-refractivity contribution in [2.24, 2.45) is 0 Å². The summed E-state index contributed by atoms with van der Waals surface area (Å²) >= 11 is 1.17. The standard InChI is InChI=1S/C16H16FN5O2S/c1-2-11(14(23)18-7-9-3-5-10(17)6-4-9)25-16-21-13-12(15(24)22-16)19-8-20-13/h3-6,8,11H,2,7H2,1H3,(H,18,23)(H2,19,20,21,22,24)/t11-/m1/s1. The van der Waals surface area contributed by atoms with Crippen molar-refractivity contribution in [2.75, 3.05) is 0 Å². The summed E-state index contributed by atoms with van der Waals surface area (Å²) in [5, 5.41) is 2.74.